The lowest BCUT2D eigenvalue weighted by Crippen LogP contribution is -2.40. The Kier molecular flexibility index (Phi) is 7.43. The number of para-hydroxylation sites is 2. The third-order valence-electron chi connectivity index (χ3n) is 8.48. The van der Waals surface area contributed by atoms with Crippen molar-refractivity contribution in [1.29, 1.82) is 0 Å². The molecule has 1 atom stereocenters. The average Bonchev–Trinajstić information content (AvgIpc) is 3.56. The SMILES string of the molecule is CC1CCCN1C1CCC(CNc2nc(N3CCOCC3)cc(-n3c(C(F)F)nc4ccccc43)n2)CC1. The Morgan fingerprint density at radius 3 is 2.47 bits per heavy atom. The van der Waals surface area contributed by atoms with E-state index < -0.39 is 6.43 Å². The van der Waals surface area contributed by atoms with Gasteiger partial charge in [0.05, 0.1) is 24.2 Å². The lowest BCUT2D eigenvalue weighted by molar-refractivity contribution is 0.122. The van der Waals surface area contributed by atoms with E-state index in [-0.39, 0.29) is 5.82 Å². The Balaban J connectivity index is 1.24. The Bertz CT molecular complexity index is 1240. The molecule has 2 aromatic heterocycles. The number of ether oxygens (including phenoxy) is 1. The fraction of sp³-hybridized carbons (Fsp3) is 0.607. The molecule has 38 heavy (non-hydrogen) atoms. The van der Waals surface area contributed by atoms with Gasteiger partial charge in [-0.15, -0.1) is 0 Å². The van der Waals surface area contributed by atoms with Gasteiger partial charge in [0.1, 0.15) is 11.6 Å². The summed E-state index contributed by atoms with van der Waals surface area (Å²) >= 11 is 0. The first-order valence-corrected chi connectivity index (χ1v) is 14.0. The second-order valence-electron chi connectivity index (χ2n) is 10.9. The van der Waals surface area contributed by atoms with E-state index in [1.54, 1.807) is 24.3 Å². The standard InChI is InChI=1S/C28H37F2N7O/c1-19-5-4-12-36(19)21-10-8-20(9-11-21)18-31-28-33-24(35-13-15-38-16-14-35)17-25(34-28)37-23-7-3-2-6-22(23)32-27(37)26(29)30/h2-3,6-7,17,19-21,26H,4-5,8-16,18H2,1H3,(H,31,33,34). The van der Waals surface area contributed by atoms with Crippen LogP contribution in [0.4, 0.5) is 20.5 Å². The predicted octanol–water partition coefficient (Wildman–Crippen LogP) is 5.04. The molecular formula is C28H37F2N7O. The van der Waals surface area contributed by atoms with Crippen molar-refractivity contribution in [2.75, 3.05) is 49.6 Å². The number of hydrogen-bond acceptors (Lipinski definition) is 7. The minimum atomic E-state index is -2.73. The predicted molar refractivity (Wildman–Crippen MR) is 144 cm³/mol. The van der Waals surface area contributed by atoms with Gasteiger partial charge in [0.15, 0.2) is 5.82 Å². The molecule has 3 aromatic rings. The normalized spacial score (nSPS) is 24.9. The fourth-order valence-corrected chi connectivity index (χ4v) is 6.42. The second kappa shape index (κ2) is 11.1. The maximum atomic E-state index is 14.1. The van der Waals surface area contributed by atoms with E-state index in [0.29, 0.717) is 72.9 Å². The number of morpholine rings is 1. The summed E-state index contributed by atoms with van der Waals surface area (Å²) in [6.07, 6.45) is 4.73. The van der Waals surface area contributed by atoms with Crippen molar-refractivity contribution in [3.05, 3.63) is 36.2 Å². The van der Waals surface area contributed by atoms with Crippen LogP contribution < -0.4 is 10.2 Å². The molecule has 1 unspecified atom stereocenters. The summed E-state index contributed by atoms with van der Waals surface area (Å²) in [4.78, 5) is 18.6. The zero-order valence-electron chi connectivity index (χ0n) is 22.0. The van der Waals surface area contributed by atoms with Crippen LogP contribution in [0.5, 0.6) is 0 Å². The van der Waals surface area contributed by atoms with Crippen molar-refractivity contribution in [3.63, 3.8) is 0 Å². The van der Waals surface area contributed by atoms with E-state index >= 15 is 0 Å². The second-order valence-corrected chi connectivity index (χ2v) is 10.9. The van der Waals surface area contributed by atoms with Crippen molar-refractivity contribution >= 4 is 22.8 Å². The Hall–Kier alpha value is -2.85. The Morgan fingerprint density at radius 2 is 1.74 bits per heavy atom. The number of rotatable bonds is 7. The van der Waals surface area contributed by atoms with Crippen LogP contribution in [0.2, 0.25) is 0 Å². The lowest BCUT2D eigenvalue weighted by atomic mass is 9.85. The van der Waals surface area contributed by atoms with Crippen LogP contribution in [0.25, 0.3) is 16.9 Å². The Morgan fingerprint density at radius 1 is 0.974 bits per heavy atom. The molecule has 0 radical (unpaired) electrons. The first-order valence-electron chi connectivity index (χ1n) is 14.0. The Labute approximate surface area is 222 Å². The first-order chi connectivity index (χ1) is 18.6. The first kappa shape index (κ1) is 25.4. The number of nitrogens with zero attached hydrogens (tertiary/aromatic N) is 6. The molecule has 1 N–H and O–H groups in total. The molecular weight excluding hydrogens is 488 g/mol. The van der Waals surface area contributed by atoms with Crippen molar-refractivity contribution in [1.82, 2.24) is 24.4 Å². The van der Waals surface area contributed by atoms with E-state index in [0.717, 1.165) is 6.54 Å². The lowest BCUT2D eigenvalue weighted by Gasteiger charge is -2.37. The molecule has 204 valence electrons. The van der Waals surface area contributed by atoms with E-state index in [9.17, 15) is 8.78 Å². The topological polar surface area (TPSA) is 71.3 Å². The third-order valence-corrected chi connectivity index (χ3v) is 8.48. The number of fused-ring (bicyclic) bond motifs is 1. The summed E-state index contributed by atoms with van der Waals surface area (Å²) in [7, 11) is 0. The molecule has 10 heteroatoms. The van der Waals surface area contributed by atoms with Gasteiger partial charge < -0.3 is 15.0 Å². The molecule has 0 bridgehead atoms. The minimum Gasteiger partial charge on any atom is -0.378 e. The molecule has 1 saturated carbocycles. The van der Waals surface area contributed by atoms with Crippen LogP contribution in [0.1, 0.15) is 57.7 Å². The number of likely N-dealkylation sites (tertiary alicyclic amines) is 1. The molecule has 3 fully saturated rings. The van der Waals surface area contributed by atoms with Crippen LogP contribution in [0, 0.1) is 5.92 Å². The highest BCUT2D eigenvalue weighted by molar-refractivity contribution is 5.78. The van der Waals surface area contributed by atoms with Gasteiger partial charge in [-0.05, 0) is 70.0 Å². The van der Waals surface area contributed by atoms with Crippen LogP contribution in [-0.2, 0) is 4.74 Å². The summed E-state index contributed by atoms with van der Waals surface area (Å²) in [6, 6.07) is 10.4. The molecule has 0 amide bonds. The number of nitrogens with one attached hydrogen (secondary N) is 1. The van der Waals surface area contributed by atoms with E-state index in [1.807, 2.05) is 6.07 Å². The van der Waals surface area contributed by atoms with Gasteiger partial charge in [-0.3, -0.25) is 9.47 Å². The maximum Gasteiger partial charge on any atom is 0.296 e. The molecule has 8 nitrogen and oxygen atoms in total. The van der Waals surface area contributed by atoms with Crippen molar-refractivity contribution in [2.24, 2.45) is 5.92 Å². The molecule has 3 aliphatic rings. The largest absolute Gasteiger partial charge is 0.378 e. The van der Waals surface area contributed by atoms with E-state index in [1.165, 1.54) is 49.6 Å². The zero-order valence-corrected chi connectivity index (χ0v) is 22.0. The molecule has 2 aliphatic heterocycles. The van der Waals surface area contributed by atoms with Crippen molar-refractivity contribution in [2.45, 2.75) is 64.0 Å². The van der Waals surface area contributed by atoms with Crippen LogP contribution >= 0.6 is 0 Å². The molecule has 1 aromatic carbocycles. The minimum absolute atomic E-state index is 0.307. The summed E-state index contributed by atoms with van der Waals surface area (Å²) in [5, 5.41) is 3.47. The van der Waals surface area contributed by atoms with Gasteiger partial charge >= 0.3 is 0 Å². The fourth-order valence-electron chi connectivity index (χ4n) is 6.42. The number of halogens is 2. The van der Waals surface area contributed by atoms with E-state index in [2.05, 4.69) is 27.0 Å². The third kappa shape index (κ3) is 5.20. The smallest absolute Gasteiger partial charge is 0.296 e. The highest BCUT2D eigenvalue weighted by atomic mass is 19.3. The van der Waals surface area contributed by atoms with Gasteiger partial charge in [-0.1, -0.05) is 12.1 Å². The van der Waals surface area contributed by atoms with Gasteiger partial charge in [-0.2, -0.15) is 9.97 Å². The van der Waals surface area contributed by atoms with E-state index in [4.69, 9.17) is 14.7 Å². The molecule has 4 heterocycles. The number of imidazole rings is 1. The number of alkyl halides is 2. The maximum absolute atomic E-state index is 14.1. The van der Waals surface area contributed by atoms with Gasteiger partial charge in [0.2, 0.25) is 5.95 Å². The highest BCUT2D eigenvalue weighted by Gasteiger charge is 2.31. The number of anilines is 2. The van der Waals surface area contributed by atoms with Crippen molar-refractivity contribution < 1.29 is 13.5 Å². The number of hydrogen-bond donors (Lipinski definition) is 1. The summed E-state index contributed by atoms with van der Waals surface area (Å²) in [6.45, 7) is 6.99. The van der Waals surface area contributed by atoms with Gasteiger partial charge in [0.25, 0.3) is 6.43 Å². The van der Waals surface area contributed by atoms with Gasteiger partial charge in [0, 0.05) is 37.8 Å². The highest BCUT2D eigenvalue weighted by Crippen LogP contribution is 2.33. The summed E-state index contributed by atoms with van der Waals surface area (Å²) < 4.78 is 35.2. The molecule has 2 saturated heterocycles. The zero-order chi connectivity index (χ0) is 26.1. The molecule has 6 rings (SSSR count). The van der Waals surface area contributed by atoms with Crippen molar-refractivity contribution in [3.8, 4) is 5.82 Å². The van der Waals surface area contributed by atoms with Crippen LogP contribution in [0.3, 0.4) is 0 Å². The number of aromatic nitrogens is 4. The van der Waals surface area contributed by atoms with Gasteiger partial charge in [-0.25, -0.2) is 13.8 Å². The van der Waals surface area contributed by atoms with Crippen LogP contribution in [0.15, 0.2) is 30.3 Å². The summed E-state index contributed by atoms with van der Waals surface area (Å²) in [5.74, 6) is 1.83. The number of benzene rings is 1. The monoisotopic (exact) mass is 525 g/mol. The average molecular weight is 526 g/mol. The quantitative estimate of drug-likeness (QED) is 0.463. The molecule has 0 spiro atoms. The molecule has 1 aliphatic carbocycles. The summed E-state index contributed by atoms with van der Waals surface area (Å²) in [5.41, 5.74) is 1.13. The van der Waals surface area contributed by atoms with Crippen LogP contribution in [-0.4, -0.2) is 75.9 Å².